The van der Waals surface area contributed by atoms with E-state index in [-0.39, 0.29) is 37.1 Å². The SMILES string of the molecule is CCOc1cccc2sc(N(CCN(C)C)C(=O)c3ccc(S(=O)(=O)N(CCOC)CCOC)cc3)nc12. The Kier molecular flexibility index (Phi) is 11.0. The number of rotatable bonds is 15. The van der Waals surface area contributed by atoms with Crippen LogP contribution in [0.4, 0.5) is 5.13 Å². The molecule has 0 saturated heterocycles. The smallest absolute Gasteiger partial charge is 0.260 e. The Hall–Kier alpha value is -2.61. The Morgan fingerprint density at radius 2 is 1.61 bits per heavy atom. The van der Waals surface area contributed by atoms with Crippen LogP contribution in [-0.4, -0.2) is 103 Å². The Labute approximate surface area is 228 Å². The summed E-state index contributed by atoms with van der Waals surface area (Å²) in [6, 6.07) is 11.7. The number of methoxy groups -OCH3 is 2. The van der Waals surface area contributed by atoms with Crippen LogP contribution in [0, 0.1) is 0 Å². The number of anilines is 1. The van der Waals surface area contributed by atoms with Crippen molar-refractivity contribution in [3.05, 3.63) is 48.0 Å². The molecule has 0 unspecified atom stereocenters. The number of hydrogen-bond acceptors (Lipinski definition) is 9. The molecule has 1 heterocycles. The summed E-state index contributed by atoms with van der Waals surface area (Å²) in [5, 5.41) is 0.556. The van der Waals surface area contributed by atoms with Gasteiger partial charge in [0.05, 0.1) is 29.4 Å². The summed E-state index contributed by atoms with van der Waals surface area (Å²) in [4.78, 5) is 22.1. The van der Waals surface area contributed by atoms with Crippen LogP contribution >= 0.6 is 11.3 Å². The number of thiazole rings is 1. The number of hydrogen-bond donors (Lipinski definition) is 0. The van der Waals surface area contributed by atoms with Gasteiger partial charge in [-0.1, -0.05) is 17.4 Å². The van der Waals surface area contributed by atoms with Crippen LogP contribution in [0.25, 0.3) is 10.2 Å². The first-order valence-electron chi connectivity index (χ1n) is 12.3. The zero-order chi connectivity index (χ0) is 27.7. The van der Waals surface area contributed by atoms with Crippen molar-refractivity contribution in [2.75, 3.05) is 79.2 Å². The number of nitrogens with zero attached hydrogens (tertiary/aromatic N) is 4. The molecule has 1 amide bonds. The number of aromatic nitrogens is 1. The third kappa shape index (κ3) is 7.28. The number of sulfonamides is 1. The number of likely N-dealkylation sites (N-methyl/N-ethyl adjacent to an activating group) is 1. The first-order valence-corrected chi connectivity index (χ1v) is 14.6. The summed E-state index contributed by atoms with van der Waals surface area (Å²) < 4.78 is 44.6. The van der Waals surface area contributed by atoms with E-state index in [2.05, 4.69) is 0 Å². The van der Waals surface area contributed by atoms with Crippen LogP contribution < -0.4 is 9.64 Å². The van der Waals surface area contributed by atoms with E-state index in [0.29, 0.717) is 41.7 Å². The van der Waals surface area contributed by atoms with Crippen molar-refractivity contribution in [2.24, 2.45) is 0 Å². The molecular weight excluding hydrogens is 528 g/mol. The van der Waals surface area contributed by atoms with E-state index in [1.165, 1.54) is 42.0 Å². The van der Waals surface area contributed by atoms with Gasteiger partial charge in [0.25, 0.3) is 5.91 Å². The van der Waals surface area contributed by atoms with Gasteiger partial charge in [0.1, 0.15) is 11.3 Å². The van der Waals surface area contributed by atoms with Gasteiger partial charge in [0.15, 0.2) is 5.13 Å². The summed E-state index contributed by atoms with van der Waals surface area (Å²) in [5.74, 6) is 0.414. The summed E-state index contributed by atoms with van der Waals surface area (Å²) in [6.45, 7) is 4.38. The summed E-state index contributed by atoms with van der Waals surface area (Å²) in [7, 11) is 3.12. The Morgan fingerprint density at radius 1 is 0.947 bits per heavy atom. The molecule has 0 N–H and O–H groups in total. The van der Waals surface area contributed by atoms with Crippen LogP contribution in [0.15, 0.2) is 47.4 Å². The second kappa shape index (κ2) is 14.0. The fourth-order valence-electron chi connectivity index (χ4n) is 3.70. The van der Waals surface area contributed by atoms with Crippen LogP contribution in [-0.2, 0) is 19.5 Å². The molecule has 0 aliphatic rings. The number of fused-ring (bicyclic) bond motifs is 1. The topological polar surface area (TPSA) is 102 Å². The third-order valence-electron chi connectivity index (χ3n) is 5.75. The van der Waals surface area contributed by atoms with Crippen LogP contribution in [0.5, 0.6) is 5.75 Å². The van der Waals surface area contributed by atoms with Gasteiger partial charge in [-0.2, -0.15) is 4.31 Å². The van der Waals surface area contributed by atoms with E-state index < -0.39 is 10.0 Å². The normalized spacial score (nSPS) is 12.0. The summed E-state index contributed by atoms with van der Waals surface area (Å²) in [6.07, 6.45) is 0. The van der Waals surface area contributed by atoms with Crippen molar-refractivity contribution in [1.29, 1.82) is 0 Å². The molecule has 12 heteroatoms. The highest BCUT2D eigenvalue weighted by atomic mass is 32.2. The number of amides is 1. The second-order valence-corrected chi connectivity index (χ2v) is 11.7. The first-order chi connectivity index (χ1) is 18.2. The van der Waals surface area contributed by atoms with Crippen LogP contribution in [0.3, 0.4) is 0 Å². The number of carbonyl (C=O) groups is 1. The lowest BCUT2D eigenvalue weighted by Crippen LogP contribution is -2.37. The second-order valence-electron chi connectivity index (χ2n) is 8.71. The predicted octanol–water partition coefficient (Wildman–Crippen LogP) is 3.19. The molecular formula is C26H36N4O6S2. The molecule has 38 heavy (non-hydrogen) atoms. The Morgan fingerprint density at radius 3 is 2.18 bits per heavy atom. The lowest BCUT2D eigenvalue weighted by atomic mass is 10.2. The average molecular weight is 565 g/mol. The van der Waals surface area contributed by atoms with Crippen molar-refractivity contribution < 1.29 is 27.4 Å². The van der Waals surface area contributed by atoms with Gasteiger partial charge in [-0.15, -0.1) is 0 Å². The zero-order valence-corrected chi connectivity index (χ0v) is 24.2. The first kappa shape index (κ1) is 29.9. The summed E-state index contributed by atoms with van der Waals surface area (Å²) >= 11 is 1.42. The number of para-hydroxylation sites is 1. The van der Waals surface area contributed by atoms with Crippen molar-refractivity contribution in [3.63, 3.8) is 0 Å². The average Bonchev–Trinajstić information content (AvgIpc) is 3.33. The highest BCUT2D eigenvalue weighted by molar-refractivity contribution is 7.89. The minimum atomic E-state index is -3.79. The minimum absolute atomic E-state index is 0.0995. The monoisotopic (exact) mass is 564 g/mol. The highest BCUT2D eigenvalue weighted by Gasteiger charge is 2.26. The molecule has 0 aliphatic heterocycles. The fourth-order valence-corrected chi connectivity index (χ4v) is 6.11. The molecule has 0 fully saturated rings. The van der Waals surface area contributed by atoms with Crippen molar-refractivity contribution in [3.8, 4) is 5.75 Å². The third-order valence-corrected chi connectivity index (χ3v) is 8.70. The molecule has 0 aliphatic carbocycles. The molecule has 0 atom stereocenters. The van der Waals surface area contributed by atoms with E-state index in [4.69, 9.17) is 19.2 Å². The molecule has 10 nitrogen and oxygen atoms in total. The molecule has 0 bridgehead atoms. The largest absolute Gasteiger partial charge is 0.492 e. The number of benzene rings is 2. The standard InChI is InChI=1S/C26H36N4O6S2/c1-6-36-22-8-7-9-23-24(22)27-26(37-23)30(15-14-28(2)3)25(31)20-10-12-21(13-11-20)38(32,33)29(16-18-34-4)17-19-35-5/h7-13H,6,14-19H2,1-5H3. The van der Waals surface area contributed by atoms with Gasteiger partial charge < -0.3 is 19.1 Å². The maximum atomic E-state index is 13.7. The van der Waals surface area contributed by atoms with Gasteiger partial charge in [-0.25, -0.2) is 13.4 Å². The van der Waals surface area contributed by atoms with Gasteiger partial charge in [0, 0.05) is 46.0 Å². The minimum Gasteiger partial charge on any atom is -0.492 e. The zero-order valence-electron chi connectivity index (χ0n) is 22.5. The molecule has 208 valence electrons. The molecule has 0 saturated carbocycles. The van der Waals surface area contributed by atoms with Gasteiger partial charge in [0.2, 0.25) is 10.0 Å². The van der Waals surface area contributed by atoms with Crippen molar-refractivity contribution in [2.45, 2.75) is 11.8 Å². The number of carbonyl (C=O) groups excluding carboxylic acids is 1. The fraction of sp³-hybridized carbons (Fsp3) is 0.462. The quantitative estimate of drug-likeness (QED) is 0.277. The van der Waals surface area contributed by atoms with Gasteiger partial charge >= 0.3 is 0 Å². The van der Waals surface area contributed by atoms with Crippen molar-refractivity contribution >= 4 is 42.6 Å². The molecule has 3 aromatic rings. The van der Waals surface area contributed by atoms with E-state index in [1.807, 2.05) is 44.1 Å². The molecule has 2 aromatic carbocycles. The van der Waals surface area contributed by atoms with E-state index in [0.717, 1.165) is 4.70 Å². The lowest BCUT2D eigenvalue weighted by Gasteiger charge is -2.23. The number of ether oxygens (including phenoxy) is 3. The van der Waals surface area contributed by atoms with E-state index in [9.17, 15) is 13.2 Å². The maximum absolute atomic E-state index is 13.7. The summed E-state index contributed by atoms with van der Waals surface area (Å²) in [5.41, 5.74) is 1.08. The van der Waals surface area contributed by atoms with E-state index >= 15 is 0 Å². The highest BCUT2D eigenvalue weighted by Crippen LogP contribution is 2.35. The van der Waals surface area contributed by atoms with Crippen molar-refractivity contribution in [1.82, 2.24) is 14.2 Å². The van der Waals surface area contributed by atoms with Gasteiger partial charge in [-0.05, 0) is 57.4 Å². The van der Waals surface area contributed by atoms with Crippen LogP contribution in [0.2, 0.25) is 0 Å². The maximum Gasteiger partial charge on any atom is 0.260 e. The molecule has 1 aromatic heterocycles. The predicted molar refractivity (Wildman–Crippen MR) is 150 cm³/mol. The van der Waals surface area contributed by atoms with Gasteiger partial charge in [-0.3, -0.25) is 9.69 Å². The lowest BCUT2D eigenvalue weighted by molar-refractivity contribution is 0.0985. The Balaban J connectivity index is 1.91. The molecule has 0 spiro atoms. The van der Waals surface area contributed by atoms with E-state index in [1.54, 1.807) is 17.0 Å². The van der Waals surface area contributed by atoms with Crippen LogP contribution in [0.1, 0.15) is 17.3 Å². The molecule has 0 radical (unpaired) electrons. The molecule has 3 rings (SSSR count). The Bertz CT molecular complexity index is 1290.